The van der Waals surface area contributed by atoms with E-state index in [4.69, 9.17) is 38.5 Å². The molecule has 2 amide bonds. The van der Waals surface area contributed by atoms with Crippen LogP contribution in [0.25, 0.3) is 0 Å². The van der Waals surface area contributed by atoms with E-state index in [-0.39, 0.29) is 34.7 Å². The summed E-state index contributed by atoms with van der Waals surface area (Å²) in [4.78, 5) is 33.7. The number of hydrogen-bond acceptors (Lipinski definition) is 6. The van der Waals surface area contributed by atoms with Crippen LogP contribution < -0.4 is 16.4 Å². The number of rotatable bonds is 6. The van der Waals surface area contributed by atoms with Gasteiger partial charge >= 0.3 is 6.09 Å². The molecule has 0 aliphatic heterocycles. The van der Waals surface area contributed by atoms with Crippen molar-refractivity contribution in [2.24, 2.45) is 10.1 Å². The van der Waals surface area contributed by atoms with Gasteiger partial charge < -0.3 is 20.6 Å². The second-order valence-electron chi connectivity index (χ2n) is 8.21. The van der Waals surface area contributed by atoms with Crippen LogP contribution in [0.15, 0.2) is 46.5 Å². The Bertz CT molecular complexity index is 1110. The first-order chi connectivity index (χ1) is 16.4. The Morgan fingerprint density at radius 1 is 1.11 bits per heavy atom. The van der Waals surface area contributed by atoms with Gasteiger partial charge in [-0.2, -0.15) is 0 Å². The summed E-state index contributed by atoms with van der Waals surface area (Å²) in [6, 6.07) is 8.41. The maximum absolute atomic E-state index is 13.3. The Balaban J connectivity index is 2.23. The van der Waals surface area contributed by atoms with Crippen LogP contribution in [0, 0.1) is 5.82 Å². The summed E-state index contributed by atoms with van der Waals surface area (Å²) in [5.41, 5.74) is 6.48. The van der Waals surface area contributed by atoms with Crippen molar-refractivity contribution in [1.29, 1.82) is 0 Å². The zero-order chi connectivity index (χ0) is 26.2. The van der Waals surface area contributed by atoms with E-state index in [1.54, 1.807) is 20.8 Å². The van der Waals surface area contributed by atoms with Crippen LogP contribution in [0.4, 0.5) is 14.9 Å². The van der Waals surface area contributed by atoms with Crippen LogP contribution in [0.3, 0.4) is 0 Å². The summed E-state index contributed by atoms with van der Waals surface area (Å²) in [5, 5.41) is 9.74. The molecule has 0 saturated carbocycles. The van der Waals surface area contributed by atoms with Gasteiger partial charge in [-0.05, 0) is 45.0 Å². The van der Waals surface area contributed by atoms with Crippen molar-refractivity contribution in [3.63, 3.8) is 0 Å². The molecule has 0 saturated heterocycles. The van der Waals surface area contributed by atoms with Gasteiger partial charge in [0.05, 0.1) is 12.1 Å². The Hall–Kier alpha value is -3.37. The number of ether oxygens (including phenoxy) is 1. The van der Waals surface area contributed by atoms with E-state index in [2.05, 4.69) is 20.8 Å². The highest BCUT2D eigenvalue weighted by Crippen LogP contribution is 2.27. The molecule has 12 heteroatoms. The predicted molar refractivity (Wildman–Crippen MR) is 134 cm³/mol. The number of hydrogen-bond donors (Lipinski definition) is 3. The van der Waals surface area contributed by atoms with E-state index in [0.29, 0.717) is 16.8 Å². The minimum Gasteiger partial charge on any atom is -0.442 e. The molecular weight excluding hydrogens is 500 g/mol. The number of nitrogen functional groups attached to an aromatic ring is 1. The first-order valence-electron chi connectivity index (χ1n) is 10.3. The summed E-state index contributed by atoms with van der Waals surface area (Å²) in [6.45, 7) is 5.04. The second kappa shape index (κ2) is 12.4. The van der Waals surface area contributed by atoms with Crippen LogP contribution in [-0.2, 0) is 20.9 Å². The van der Waals surface area contributed by atoms with Gasteiger partial charge in [0.15, 0.2) is 0 Å². The standard InChI is InChI=1S/C23H26Cl2FN5O4/c1-23(2,3)35-22(33)30-21(28-12-16-17(24)9-15(27)10-18(16)25)29-20(32)11-19(31-34-4)13-5-7-14(26)8-6-13/h5-10H,11-12,27H2,1-4H3,(H2,28,29,30,32,33). The molecule has 35 heavy (non-hydrogen) atoms. The lowest BCUT2D eigenvalue weighted by atomic mass is 10.1. The number of carbonyl (C=O) groups is 2. The Morgan fingerprint density at radius 3 is 2.26 bits per heavy atom. The van der Waals surface area contributed by atoms with E-state index in [9.17, 15) is 14.0 Å². The fourth-order valence-corrected chi connectivity index (χ4v) is 3.36. The van der Waals surface area contributed by atoms with Crippen molar-refractivity contribution in [2.75, 3.05) is 12.8 Å². The van der Waals surface area contributed by atoms with E-state index in [0.717, 1.165) is 0 Å². The molecule has 0 spiro atoms. The van der Waals surface area contributed by atoms with Gasteiger partial charge in [0.25, 0.3) is 0 Å². The molecule has 0 aromatic heterocycles. The molecule has 0 bridgehead atoms. The number of nitrogens with two attached hydrogens (primary N) is 1. The Kier molecular flexibility index (Phi) is 9.85. The van der Waals surface area contributed by atoms with Crippen LogP contribution >= 0.6 is 23.2 Å². The van der Waals surface area contributed by atoms with Crippen molar-refractivity contribution < 1.29 is 23.6 Å². The van der Waals surface area contributed by atoms with Gasteiger partial charge in [-0.3, -0.25) is 10.1 Å². The number of benzene rings is 2. The number of oxime groups is 1. The molecule has 0 unspecified atom stereocenters. The third-order valence-electron chi connectivity index (χ3n) is 4.16. The summed E-state index contributed by atoms with van der Waals surface area (Å²) < 4.78 is 18.5. The molecule has 0 radical (unpaired) electrons. The number of nitrogens with one attached hydrogen (secondary N) is 2. The number of aliphatic imine (C=N–C) groups is 1. The Morgan fingerprint density at radius 2 is 1.71 bits per heavy atom. The second-order valence-corrected chi connectivity index (χ2v) is 9.02. The highest BCUT2D eigenvalue weighted by atomic mass is 35.5. The molecule has 0 heterocycles. The highest BCUT2D eigenvalue weighted by molar-refractivity contribution is 6.36. The lowest BCUT2D eigenvalue weighted by molar-refractivity contribution is -0.118. The van der Waals surface area contributed by atoms with E-state index in [1.807, 2.05) is 0 Å². The monoisotopic (exact) mass is 525 g/mol. The normalized spacial score (nSPS) is 12.2. The molecule has 2 aromatic carbocycles. The van der Waals surface area contributed by atoms with Gasteiger partial charge in [-0.25, -0.2) is 9.18 Å². The number of anilines is 1. The quantitative estimate of drug-likeness (QED) is 0.218. The molecule has 9 nitrogen and oxygen atoms in total. The molecule has 0 fully saturated rings. The summed E-state index contributed by atoms with van der Waals surface area (Å²) in [6.07, 6.45) is -1.20. The van der Waals surface area contributed by atoms with Gasteiger partial charge in [0.2, 0.25) is 11.9 Å². The average Bonchev–Trinajstić information content (AvgIpc) is 2.71. The Labute approximate surface area is 212 Å². The molecule has 0 atom stereocenters. The zero-order valence-electron chi connectivity index (χ0n) is 19.6. The van der Waals surface area contributed by atoms with Crippen molar-refractivity contribution >= 4 is 52.6 Å². The smallest absolute Gasteiger partial charge is 0.437 e. The number of amides is 2. The number of halogens is 3. The molecule has 188 valence electrons. The molecule has 0 aliphatic rings. The lowest BCUT2D eigenvalue weighted by Crippen LogP contribution is -2.42. The maximum atomic E-state index is 13.3. The van der Waals surface area contributed by atoms with E-state index >= 15 is 0 Å². The van der Waals surface area contributed by atoms with Crippen molar-refractivity contribution in [1.82, 2.24) is 10.6 Å². The average molecular weight is 526 g/mol. The van der Waals surface area contributed by atoms with Gasteiger partial charge in [-0.15, -0.1) is 4.99 Å². The molecule has 4 N–H and O–H groups in total. The van der Waals surface area contributed by atoms with Gasteiger partial charge in [0, 0.05) is 33.4 Å². The fourth-order valence-electron chi connectivity index (χ4n) is 2.72. The van der Waals surface area contributed by atoms with Crippen molar-refractivity contribution in [3.05, 3.63) is 63.4 Å². The van der Waals surface area contributed by atoms with E-state index < -0.39 is 23.4 Å². The van der Waals surface area contributed by atoms with Crippen LogP contribution in [0.5, 0.6) is 0 Å². The first kappa shape index (κ1) is 27.9. The number of guanidine groups is 1. The molecule has 0 aliphatic carbocycles. The fraction of sp³-hybridized carbons (Fsp3) is 0.304. The maximum Gasteiger partial charge on any atom is 0.437 e. The zero-order valence-corrected chi connectivity index (χ0v) is 21.1. The van der Waals surface area contributed by atoms with E-state index in [1.165, 1.54) is 43.5 Å². The van der Waals surface area contributed by atoms with Crippen molar-refractivity contribution in [3.8, 4) is 0 Å². The third kappa shape index (κ3) is 9.42. The van der Waals surface area contributed by atoms with Crippen molar-refractivity contribution in [2.45, 2.75) is 39.3 Å². The molecular formula is C23H26Cl2FN5O4. The van der Waals surface area contributed by atoms with Crippen LogP contribution in [0.1, 0.15) is 38.3 Å². The van der Waals surface area contributed by atoms with Crippen LogP contribution in [0.2, 0.25) is 10.0 Å². The minimum atomic E-state index is -0.931. The molecule has 2 aromatic rings. The topological polar surface area (TPSA) is 127 Å². The predicted octanol–water partition coefficient (Wildman–Crippen LogP) is 4.65. The summed E-state index contributed by atoms with van der Waals surface area (Å²) in [5.74, 6) is -1.23. The van der Waals surface area contributed by atoms with Gasteiger partial charge in [0.1, 0.15) is 18.5 Å². The lowest BCUT2D eigenvalue weighted by Gasteiger charge is -2.18. The largest absolute Gasteiger partial charge is 0.442 e. The highest BCUT2D eigenvalue weighted by Gasteiger charge is 2.19. The number of carbonyl (C=O) groups excluding carboxylic acids is 2. The number of nitrogens with zero attached hydrogens (tertiary/aromatic N) is 2. The summed E-state index contributed by atoms with van der Waals surface area (Å²) in [7, 11) is 1.32. The summed E-state index contributed by atoms with van der Waals surface area (Å²) >= 11 is 12.4. The van der Waals surface area contributed by atoms with Gasteiger partial charge in [-0.1, -0.05) is 40.5 Å². The van der Waals surface area contributed by atoms with Crippen LogP contribution in [-0.4, -0.2) is 36.4 Å². The SMILES string of the molecule is CON=C(CC(=O)NC(=NC(=O)OC(C)(C)C)NCc1c(Cl)cc(N)cc1Cl)c1ccc(F)cc1. The first-order valence-corrected chi connectivity index (χ1v) is 11.1. The molecule has 2 rings (SSSR count). The third-order valence-corrected chi connectivity index (χ3v) is 4.83. The minimum absolute atomic E-state index is 0.0108.